The van der Waals surface area contributed by atoms with Gasteiger partial charge in [0.1, 0.15) is 5.82 Å². The quantitative estimate of drug-likeness (QED) is 0.749. The van der Waals surface area contributed by atoms with Crippen LogP contribution in [0.4, 0.5) is 17.2 Å². The van der Waals surface area contributed by atoms with Gasteiger partial charge in [0.15, 0.2) is 0 Å². The van der Waals surface area contributed by atoms with E-state index in [0.717, 1.165) is 37.7 Å². The van der Waals surface area contributed by atoms with Crippen LogP contribution in [-0.4, -0.2) is 42.0 Å². The predicted octanol–water partition coefficient (Wildman–Crippen LogP) is 4.10. The summed E-state index contributed by atoms with van der Waals surface area (Å²) in [4.78, 5) is 21.4. The Kier molecular flexibility index (Phi) is 5.24. The summed E-state index contributed by atoms with van der Waals surface area (Å²) in [6.45, 7) is 5.18. The summed E-state index contributed by atoms with van der Waals surface area (Å²) in [5, 5.41) is 3.26. The maximum Gasteiger partial charge on any atom is 0.255 e. The number of piperazine rings is 1. The van der Waals surface area contributed by atoms with Gasteiger partial charge in [-0.25, -0.2) is 4.98 Å². The summed E-state index contributed by atoms with van der Waals surface area (Å²) >= 11 is 0. The van der Waals surface area contributed by atoms with Crippen LogP contribution < -0.4 is 10.2 Å². The minimum atomic E-state index is 0.0436. The van der Waals surface area contributed by atoms with Crippen molar-refractivity contribution in [3.8, 4) is 0 Å². The van der Waals surface area contributed by atoms with Gasteiger partial charge in [-0.05, 0) is 43.3 Å². The highest BCUT2D eigenvalue weighted by atomic mass is 16.2. The van der Waals surface area contributed by atoms with E-state index in [2.05, 4.69) is 46.4 Å². The number of rotatable bonds is 4. The van der Waals surface area contributed by atoms with E-state index >= 15 is 0 Å². The van der Waals surface area contributed by atoms with E-state index in [0.29, 0.717) is 5.56 Å². The van der Waals surface area contributed by atoms with E-state index in [1.54, 1.807) is 6.20 Å². The second-order valence-corrected chi connectivity index (χ2v) is 7.04. The van der Waals surface area contributed by atoms with Crippen LogP contribution in [0.15, 0.2) is 72.9 Å². The van der Waals surface area contributed by atoms with Gasteiger partial charge in [0.05, 0.1) is 5.56 Å². The molecule has 142 valence electrons. The number of carbonyl (C=O) groups is 1. The van der Waals surface area contributed by atoms with Gasteiger partial charge < -0.3 is 15.1 Å². The van der Waals surface area contributed by atoms with E-state index in [4.69, 9.17) is 0 Å². The molecule has 0 atom stereocenters. The van der Waals surface area contributed by atoms with Crippen LogP contribution in [0.1, 0.15) is 15.9 Å². The second-order valence-electron chi connectivity index (χ2n) is 7.04. The first kappa shape index (κ1) is 18.0. The van der Waals surface area contributed by atoms with Crippen molar-refractivity contribution in [3.05, 3.63) is 84.1 Å². The van der Waals surface area contributed by atoms with Gasteiger partial charge in [0.25, 0.3) is 5.91 Å². The van der Waals surface area contributed by atoms with Gasteiger partial charge in [-0.1, -0.05) is 35.9 Å². The van der Waals surface area contributed by atoms with Crippen molar-refractivity contribution < 1.29 is 4.79 Å². The first-order valence-electron chi connectivity index (χ1n) is 9.58. The molecule has 0 unspecified atom stereocenters. The zero-order valence-electron chi connectivity index (χ0n) is 16.0. The molecule has 2 aromatic carbocycles. The average Bonchev–Trinajstić information content (AvgIpc) is 2.76. The Morgan fingerprint density at radius 2 is 1.61 bits per heavy atom. The molecule has 4 rings (SSSR count). The zero-order valence-corrected chi connectivity index (χ0v) is 16.0. The van der Waals surface area contributed by atoms with Crippen LogP contribution >= 0.6 is 0 Å². The van der Waals surface area contributed by atoms with E-state index < -0.39 is 0 Å². The first-order valence-corrected chi connectivity index (χ1v) is 9.58. The van der Waals surface area contributed by atoms with E-state index in [-0.39, 0.29) is 5.91 Å². The Morgan fingerprint density at radius 3 is 2.25 bits per heavy atom. The lowest BCUT2D eigenvalue weighted by atomic mass is 10.2. The summed E-state index contributed by atoms with van der Waals surface area (Å²) in [6, 6.07) is 22.2. The molecule has 0 spiro atoms. The van der Waals surface area contributed by atoms with Crippen LogP contribution in [0.2, 0.25) is 0 Å². The molecule has 1 N–H and O–H groups in total. The van der Waals surface area contributed by atoms with Crippen LogP contribution in [0, 0.1) is 6.92 Å². The number of aromatic nitrogens is 1. The summed E-state index contributed by atoms with van der Waals surface area (Å²) in [5.41, 5.74) is 4.03. The average molecular weight is 372 g/mol. The van der Waals surface area contributed by atoms with Crippen LogP contribution in [0.3, 0.4) is 0 Å². The molecule has 0 bridgehead atoms. The molecule has 1 saturated heterocycles. The summed E-state index contributed by atoms with van der Waals surface area (Å²) in [5.74, 6) is 0.774. The molecule has 1 amide bonds. The molecule has 1 fully saturated rings. The lowest BCUT2D eigenvalue weighted by Crippen LogP contribution is -2.48. The molecule has 0 radical (unpaired) electrons. The highest BCUT2D eigenvalue weighted by Crippen LogP contribution is 2.18. The number of para-hydroxylation sites is 1. The third kappa shape index (κ3) is 4.14. The molecular formula is C23H24N4O. The number of pyridine rings is 1. The van der Waals surface area contributed by atoms with E-state index in [1.807, 2.05) is 47.4 Å². The van der Waals surface area contributed by atoms with Crippen molar-refractivity contribution >= 4 is 23.1 Å². The third-order valence-electron chi connectivity index (χ3n) is 5.02. The standard InChI is InChI=1S/C23H24N4O/c1-18-7-10-20(11-8-18)25-22-12-9-19(17-24-22)23(28)27-15-13-26(14-16-27)21-5-3-2-4-6-21/h2-12,17H,13-16H2,1H3,(H,24,25). The normalized spacial score (nSPS) is 14.0. The Labute approximate surface area is 165 Å². The van der Waals surface area contributed by atoms with Crippen molar-refractivity contribution in [2.75, 3.05) is 36.4 Å². The fourth-order valence-electron chi connectivity index (χ4n) is 3.37. The lowest BCUT2D eigenvalue weighted by molar-refractivity contribution is 0.0746. The van der Waals surface area contributed by atoms with Gasteiger partial charge in [-0.3, -0.25) is 4.79 Å². The Hall–Kier alpha value is -3.34. The number of hydrogen-bond donors (Lipinski definition) is 1. The van der Waals surface area contributed by atoms with Crippen molar-refractivity contribution in [1.29, 1.82) is 0 Å². The van der Waals surface area contributed by atoms with Gasteiger partial charge in [-0.2, -0.15) is 0 Å². The zero-order chi connectivity index (χ0) is 19.3. The fourth-order valence-corrected chi connectivity index (χ4v) is 3.37. The van der Waals surface area contributed by atoms with E-state index in [1.165, 1.54) is 11.3 Å². The van der Waals surface area contributed by atoms with Crippen molar-refractivity contribution in [2.24, 2.45) is 0 Å². The van der Waals surface area contributed by atoms with Gasteiger partial charge >= 0.3 is 0 Å². The minimum Gasteiger partial charge on any atom is -0.368 e. The predicted molar refractivity (Wildman–Crippen MR) is 113 cm³/mol. The topological polar surface area (TPSA) is 48.5 Å². The van der Waals surface area contributed by atoms with Gasteiger partial charge in [-0.15, -0.1) is 0 Å². The van der Waals surface area contributed by atoms with Crippen molar-refractivity contribution in [2.45, 2.75) is 6.92 Å². The molecule has 2 heterocycles. The molecular weight excluding hydrogens is 348 g/mol. The number of aryl methyl sites for hydroxylation is 1. The highest BCUT2D eigenvalue weighted by molar-refractivity contribution is 5.94. The van der Waals surface area contributed by atoms with Crippen LogP contribution in [-0.2, 0) is 0 Å². The minimum absolute atomic E-state index is 0.0436. The molecule has 5 heteroatoms. The number of anilines is 3. The maximum absolute atomic E-state index is 12.8. The number of hydrogen-bond acceptors (Lipinski definition) is 4. The lowest BCUT2D eigenvalue weighted by Gasteiger charge is -2.36. The molecule has 0 aliphatic carbocycles. The largest absolute Gasteiger partial charge is 0.368 e. The summed E-state index contributed by atoms with van der Waals surface area (Å²) in [7, 11) is 0. The summed E-state index contributed by atoms with van der Waals surface area (Å²) in [6.07, 6.45) is 1.66. The molecule has 1 aliphatic heterocycles. The monoisotopic (exact) mass is 372 g/mol. The van der Waals surface area contributed by atoms with Gasteiger partial charge in [0.2, 0.25) is 0 Å². The van der Waals surface area contributed by atoms with Gasteiger partial charge in [0, 0.05) is 43.8 Å². The first-order chi connectivity index (χ1) is 13.7. The number of nitrogens with one attached hydrogen (secondary N) is 1. The maximum atomic E-state index is 12.8. The number of nitrogens with zero attached hydrogens (tertiary/aromatic N) is 3. The SMILES string of the molecule is Cc1ccc(Nc2ccc(C(=O)N3CCN(c4ccccc4)CC3)cn2)cc1. The number of amides is 1. The number of benzene rings is 2. The Morgan fingerprint density at radius 1 is 0.893 bits per heavy atom. The Balaban J connectivity index is 1.35. The fraction of sp³-hybridized carbons (Fsp3) is 0.217. The molecule has 0 saturated carbocycles. The molecule has 1 aliphatic rings. The van der Waals surface area contributed by atoms with Crippen LogP contribution in [0.5, 0.6) is 0 Å². The Bertz CT molecular complexity index is 915. The molecule has 28 heavy (non-hydrogen) atoms. The molecule has 3 aromatic rings. The van der Waals surface area contributed by atoms with E-state index in [9.17, 15) is 4.79 Å². The molecule has 1 aromatic heterocycles. The summed E-state index contributed by atoms with van der Waals surface area (Å²) < 4.78 is 0. The van der Waals surface area contributed by atoms with Crippen molar-refractivity contribution in [3.63, 3.8) is 0 Å². The molecule has 5 nitrogen and oxygen atoms in total. The highest BCUT2D eigenvalue weighted by Gasteiger charge is 2.22. The smallest absolute Gasteiger partial charge is 0.255 e. The third-order valence-corrected chi connectivity index (χ3v) is 5.02. The second kappa shape index (κ2) is 8.13. The van der Waals surface area contributed by atoms with Crippen LogP contribution in [0.25, 0.3) is 0 Å². The van der Waals surface area contributed by atoms with Crippen molar-refractivity contribution in [1.82, 2.24) is 9.88 Å². The number of carbonyl (C=O) groups excluding carboxylic acids is 1.